The SMILES string of the molecule is CC(CNC(=O)c1ccc(Cl)cc1NS(=O)(=O)c1cccc2nccnc12)c1ccc(Cl)c(Cl)c1. The number of aromatic nitrogens is 2. The van der Waals surface area contributed by atoms with E-state index >= 15 is 0 Å². The molecule has 1 amide bonds. The summed E-state index contributed by atoms with van der Waals surface area (Å²) in [6.45, 7) is 2.21. The zero-order valence-corrected chi connectivity index (χ0v) is 21.4. The minimum atomic E-state index is -4.11. The van der Waals surface area contributed by atoms with Crippen LogP contribution < -0.4 is 10.0 Å². The van der Waals surface area contributed by atoms with Gasteiger partial charge in [-0.2, -0.15) is 0 Å². The van der Waals surface area contributed by atoms with Crippen LogP contribution in [0.15, 0.2) is 71.9 Å². The number of fused-ring (bicyclic) bond motifs is 1. The third-order valence-electron chi connectivity index (χ3n) is 5.30. The van der Waals surface area contributed by atoms with Gasteiger partial charge in [-0.1, -0.05) is 53.9 Å². The summed E-state index contributed by atoms with van der Waals surface area (Å²) in [6, 6.07) is 14.3. The van der Waals surface area contributed by atoms with E-state index in [1.807, 2.05) is 13.0 Å². The van der Waals surface area contributed by atoms with Gasteiger partial charge in [0.1, 0.15) is 10.4 Å². The van der Waals surface area contributed by atoms with Gasteiger partial charge in [0, 0.05) is 24.0 Å². The summed E-state index contributed by atoms with van der Waals surface area (Å²) >= 11 is 18.2. The molecule has 0 saturated carbocycles. The lowest BCUT2D eigenvalue weighted by atomic mass is 10.0. The number of halogens is 3. The maximum absolute atomic E-state index is 13.2. The van der Waals surface area contributed by atoms with E-state index in [0.29, 0.717) is 15.6 Å². The Bertz CT molecular complexity index is 1520. The molecule has 1 atom stereocenters. The number of nitrogens with one attached hydrogen (secondary N) is 2. The largest absolute Gasteiger partial charge is 0.351 e. The normalized spacial score (nSPS) is 12.3. The van der Waals surface area contributed by atoms with Crippen molar-refractivity contribution in [2.24, 2.45) is 0 Å². The van der Waals surface area contributed by atoms with Crippen LogP contribution >= 0.6 is 34.8 Å². The molecule has 180 valence electrons. The number of rotatable bonds is 7. The van der Waals surface area contributed by atoms with Gasteiger partial charge in [0.25, 0.3) is 15.9 Å². The zero-order valence-electron chi connectivity index (χ0n) is 18.3. The number of amides is 1. The molecule has 0 radical (unpaired) electrons. The number of para-hydroxylation sites is 1. The molecule has 0 bridgehead atoms. The third-order valence-corrected chi connectivity index (χ3v) is 7.67. The van der Waals surface area contributed by atoms with Crippen LogP contribution in [0.3, 0.4) is 0 Å². The van der Waals surface area contributed by atoms with E-state index < -0.39 is 15.9 Å². The van der Waals surface area contributed by atoms with Gasteiger partial charge >= 0.3 is 0 Å². The Morgan fingerprint density at radius 1 is 0.971 bits per heavy atom. The topological polar surface area (TPSA) is 101 Å². The summed E-state index contributed by atoms with van der Waals surface area (Å²) in [4.78, 5) is 21.2. The highest BCUT2D eigenvalue weighted by atomic mass is 35.5. The molecule has 4 aromatic rings. The molecule has 0 spiro atoms. The van der Waals surface area contributed by atoms with Crippen molar-refractivity contribution in [3.8, 4) is 0 Å². The van der Waals surface area contributed by atoms with Crippen LogP contribution in [0.1, 0.15) is 28.8 Å². The molecular weight excluding hydrogens is 531 g/mol. The maximum atomic E-state index is 13.2. The summed E-state index contributed by atoms with van der Waals surface area (Å²) in [5.74, 6) is -0.542. The van der Waals surface area contributed by atoms with Crippen molar-refractivity contribution < 1.29 is 13.2 Å². The number of hydrogen-bond acceptors (Lipinski definition) is 5. The number of anilines is 1. The summed E-state index contributed by atoms with van der Waals surface area (Å²) in [5.41, 5.74) is 1.69. The van der Waals surface area contributed by atoms with Gasteiger partial charge < -0.3 is 5.32 Å². The smallest absolute Gasteiger partial charge is 0.264 e. The van der Waals surface area contributed by atoms with Gasteiger partial charge in [-0.15, -0.1) is 0 Å². The molecule has 0 saturated heterocycles. The molecule has 0 aliphatic carbocycles. The van der Waals surface area contributed by atoms with E-state index in [1.165, 1.54) is 36.7 Å². The molecule has 3 aromatic carbocycles. The first-order valence-corrected chi connectivity index (χ1v) is 13.0. The zero-order chi connectivity index (χ0) is 25.2. The van der Waals surface area contributed by atoms with E-state index in [-0.39, 0.29) is 39.1 Å². The molecular formula is C24H19Cl3N4O3S. The minimum absolute atomic E-state index is 0.0399. The van der Waals surface area contributed by atoms with E-state index in [9.17, 15) is 13.2 Å². The second-order valence-electron chi connectivity index (χ2n) is 7.76. The summed E-state index contributed by atoms with van der Waals surface area (Å²) in [7, 11) is -4.11. The van der Waals surface area contributed by atoms with Crippen molar-refractivity contribution in [2.45, 2.75) is 17.7 Å². The summed E-state index contributed by atoms with van der Waals surface area (Å²) < 4.78 is 28.9. The first-order valence-electron chi connectivity index (χ1n) is 10.4. The summed E-state index contributed by atoms with van der Waals surface area (Å²) in [6.07, 6.45) is 2.89. The molecule has 0 fully saturated rings. The fourth-order valence-corrected chi connectivity index (χ4v) is 5.18. The Morgan fingerprint density at radius 2 is 1.74 bits per heavy atom. The van der Waals surface area contributed by atoms with E-state index in [2.05, 4.69) is 20.0 Å². The second kappa shape index (κ2) is 10.4. The highest BCUT2D eigenvalue weighted by Crippen LogP contribution is 2.28. The molecule has 1 heterocycles. The number of hydrogen-bond donors (Lipinski definition) is 2. The van der Waals surface area contributed by atoms with Crippen molar-refractivity contribution in [1.82, 2.24) is 15.3 Å². The molecule has 4 rings (SSSR count). The van der Waals surface area contributed by atoms with Crippen molar-refractivity contribution in [3.05, 3.63) is 93.2 Å². The molecule has 1 unspecified atom stereocenters. The van der Waals surface area contributed by atoms with Crippen LogP contribution in [0.5, 0.6) is 0 Å². The highest BCUT2D eigenvalue weighted by Gasteiger charge is 2.22. The van der Waals surface area contributed by atoms with Crippen molar-refractivity contribution >= 4 is 67.5 Å². The third kappa shape index (κ3) is 5.67. The number of carbonyl (C=O) groups excluding carboxylic acids is 1. The Hall–Kier alpha value is -2.91. The Kier molecular flexibility index (Phi) is 7.47. The first-order chi connectivity index (χ1) is 16.7. The van der Waals surface area contributed by atoms with E-state index in [0.717, 1.165) is 5.56 Å². The molecule has 1 aromatic heterocycles. The Morgan fingerprint density at radius 3 is 2.51 bits per heavy atom. The van der Waals surface area contributed by atoms with Gasteiger partial charge in [0.05, 0.1) is 26.8 Å². The average molecular weight is 550 g/mol. The quantitative estimate of drug-likeness (QED) is 0.298. The lowest BCUT2D eigenvalue weighted by Crippen LogP contribution is -2.28. The predicted molar refractivity (Wildman–Crippen MR) is 139 cm³/mol. The van der Waals surface area contributed by atoms with Gasteiger partial charge in [0.15, 0.2) is 0 Å². The average Bonchev–Trinajstić information content (AvgIpc) is 2.83. The van der Waals surface area contributed by atoms with Gasteiger partial charge in [-0.05, 0) is 53.9 Å². The van der Waals surface area contributed by atoms with Gasteiger partial charge in [-0.3, -0.25) is 19.5 Å². The summed E-state index contributed by atoms with van der Waals surface area (Å²) in [5, 5.41) is 3.97. The lowest BCUT2D eigenvalue weighted by Gasteiger charge is -2.16. The second-order valence-corrected chi connectivity index (χ2v) is 10.7. The number of sulfonamides is 1. The number of carbonyl (C=O) groups is 1. The van der Waals surface area contributed by atoms with E-state index in [1.54, 1.807) is 24.3 Å². The van der Waals surface area contributed by atoms with Crippen molar-refractivity contribution in [2.75, 3.05) is 11.3 Å². The van der Waals surface area contributed by atoms with Crippen LogP contribution in [0.25, 0.3) is 11.0 Å². The van der Waals surface area contributed by atoms with Crippen molar-refractivity contribution in [1.29, 1.82) is 0 Å². The van der Waals surface area contributed by atoms with Gasteiger partial charge in [0.2, 0.25) is 0 Å². The standard InChI is InChI=1S/C24H19Cl3N4O3S/c1-14(15-5-8-18(26)19(27)11-15)13-30-24(32)17-7-6-16(25)12-21(17)31-35(33,34)22-4-2-3-20-23(22)29-10-9-28-20/h2-12,14,31H,13H2,1H3,(H,30,32). The molecule has 7 nitrogen and oxygen atoms in total. The molecule has 35 heavy (non-hydrogen) atoms. The highest BCUT2D eigenvalue weighted by molar-refractivity contribution is 7.93. The lowest BCUT2D eigenvalue weighted by molar-refractivity contribution is 0.0952. The fourth-order valence-electron chi connectivity index (χ4n) is 3.46. The fraction of sp³-hybridized carbons (Fsp3) is 0.125. The minimum Gasteiger partial charge on any atom is -0.351 e. The maximum Gasteiger partial charge on any atom is 0.264 e. The van der Waals surface area contributed by atoms with E-state index in [4.69, 9.17) is 34.8 Å². The van der Waals surface area contributed by atoms with Crippen LogP contribution in [0, 0.1) is 0 Å². The molecule has 11 heteroatoms. The van der Waals surface area contributed by atoms with Crippen LogP contribution in [-0.2, 0) is 10.0 Å². The van der Waals surface area contributed by atoms with Crippen LogP contribution in [0.2, 0.25) is 15.1 Å². The molecule has 0 aliphatic rings. The van der Waals surface area contributed by atoms with Crippen LogP contribution in [0.4, 0.5) is 5.69 Å². The van der Waals surface area contributed by atoms with Crippen LogP contribution in [-0.4, -0.2) is 30.8 Å². The Balaban J connectivity index is 1.58. The monoisotopic (exact) mass is 548 g/mol. The molecule has 2 N–H and O–H groups in total. The first kappa shape index (κ1) is 25.2. The predicted octanol–water partition coefficient (Wildman–Crippen LogP) is 5.92. The number of benzene rings is 3. The molecule has 0 aliphatic heterocycles. The number of nitrogens with zero attached hydrogens (tertiary/aromatic N) is 2. The van der Waals surface area contributed by atoms with Gasteiger partial charge in [-0.25, -0.2) is 8.42 Å². The Labute approximate surface area is 217 Å². The van der Waals surface area contributed by atoms with Crippen molar-refractivity contribution in [3.63, 3.8) is 0 Å².